The monoisotopic (exact) mass is 263 g/mol. The molecule has 0 saturated carbocycles. The number of allylic oxidation sites excluding steroid dienone is 4. The van der Waals surface area contributed by atoms with Gasteiger partial charge in [0.25, 0.3) is 0 Å². The summed E-state index contributed by atoms with van der Waals surface area (Å²) >= 11 is 0. The Labute approximate surface area is 121 Å². The summed E-state index contributed by atoms with van der Waals surface area (Å²) in [5.41, 5.74) is 2.73. The van der Waals surface area contributed by atoms with Crippen molar-refractivity contribution in [2.24, 2.45) is 0 Å². The highest BCUT2D eigenvalue weighted by molar-refractivity contribution is 5.95. The Hall–Kier alpha value is -2.02. The van der Waals surface area contributed by atoms with Crippen molar-refractivity contribution in [3.63, 3.8) is 0 Å². The van der Waals surface area contributed by atoms with Crippen LogP contribution in [0.2, 0.25) is 0 Å². The first-order valence-electron chi connectivity index (χ1n) is 7.40. The van der Waals surface area contributed by atoms with Crippen molar-refractivity contribution < 1.29 is 0 Å². The van der Waals surface area contributed by atoms with Gasteiger partial charge in [0.2, 0.25) is 0 Å². The van der Waals surface area contributed by atoms with Crippen LogP contribution < -0.4 is 4.90 Å². The van der Waals surface area contributed by atoms with E-state index in [0.717, 1.165) is 12.8 Å². The van der Waals surface area contributed by atoms with Gasteiger partial charge < -0.3 is 4.90 Å². The molecule has 2 aromatic rings. The van der Waals surface area contributed by atoms with Gasteiger partial charge in [0.15, 0.2) is 0 Å². The maximum absolute atomic E-state index is 2.48. The summed E-state index contributed by atoms with van der Waals surface area (Å²) in [4.78, 5) is 2.48. The zero-order valence-corrected chi connectivity index (χ0v) is 12.2. The molecule has 0 fully saturated rings. The van der Waals surface area contributed by atoms with Crippen LogP contribution in [0.15, 0.2) is 66.4 Å². The molecule has 0 saturated heterocycles. The van der Waals surface area contributed by atoms with Crippen molar-refractivity contribution >= 4 is 16.5 Å². The molecule has 20 heavy (non-hydrogen) atoms. The molecule has 102 valence electrons. The maximum Gasteiger partial charge on any atom is 0.0490 e. The highest BCUT2D eigenvalue weighted by Crippen LogP contribution is 2.32. The summed E-state index contributed by atoms with van der Waals surface area (Å²) in [5.74, 6) is 0. The lowest BCUT2D eigenvalue weighted by Gasteiger charge is -2.33. The average Bonchev–Trinajstić information content (AvgIpc) is 2.48. The van der Waals surface area contributed by atoms with E-state index in [2.05, 4.69) is 79.4 Å². The SMILES string of the molecule is CC(C)N(C1=CC=CCC1)c1cccc2ccccc12. The minimum atomic E-state index is 0.457. The minimum absolute atomic E-state index is 0.457. The Morgan fingerprint density at radius 3 is 2.55 bits per heavy atom. The van der Waals surface area contributed by atoms with Crippen LogP contribution in [0.3, 0.4) is 0 Å². The molecule has 0 heterocycles. The lowest BCUT2D eigenvalue weighted by molar-refractivity contribution is 0.722. The predicted molar refractivity (Wildman–Crippen MR) is 88.0 cm³/mol. The normalized spacial score (nSPS) is 14.7. The fourth-order valence-electron chi connectivity index (χ4n) is 2.97. The first kappa shape index (κ1) is 13.0. The minimum Gasteiger partial charge on any atom is -0.342 e. The van der Waals surface area contributed by atoms with E-state index >= 15 is 0 Å². The lowest BCUT2D eigenvalue weighted by atomic mass is 10.0. The highest BCUT2D eigenvalue weighted by Gasteiger charge is 2.17. The topological polar surface area (TPSA) is 3.24 Å². The number of benzene rings is 2. The van der Waals surface area contributed by atoms with Crippen molar-refractivity contribution in [1.82, 2.24) is 0 Å². The van der Waals surface area contributed by atoms with E-state index in [1.807, 2.05) is 0 Å². The summed E-state index contributed by atoms with van der Waals surface area (Å²) < 4.78 is 0. The quantitative estimate of drug-likeness (QED) is 0.727. The van der Waals surface area contributed by atoms with Gasteiger partial charge in [-0.3, -0.25) is 0 Å². The van der Waals surface area contributed by atoms with E-state index in [1.54, 1.807) is 0 Å². The molecule has 3 rings (SSSR count). The Morgan fingerprint density at radius 1 is 1.00 bits per heavy atom. The smallest absolute Gasteiger partial charge is 0.0490 e. The van der Waals surface area contributed by atoms with E-state index in [-0.39, 0.29) is 0 Å². The molecule has 1 nitrogen and oxygen atoms in total. The van der Waals surface area contributed by atoms with Gasteiger partial charge in [0.1, 0.15) is 0 Å². The van der Waals surface area contributed by atoms with Crippen LogP contribution in [0.1, 0.15) is 26.7 Å². The molecule has 1 aliphatic rings. The zero-order valence-electron chi connectivity index (χ0n) is 12.2. The number of rotatable bonds is 3. The highest BCUT2D eigenvalue weighted by atomic mass is 15.2. The Bertz CT molecular complexity index is 659. The Morgan fingerprint density at radius 2 is 1.80 bits per heavy atom. The van der Waals surface area contributed by atoms with Crippen LogP contribution in [-0.2, 0) is 0 Å². The number of nitrogens with zero attached hydrogens (tertiary/aromatic N) is 1. The molecule has 0 unspecified atom stereocenters. The molecule has 0 N–H and O–H groups in total. The molecule has 0 radical (unpaired) electrons. The van der Waals surface area contributed by atoms with Gasteiger partial charge in [-0.2, -0.15) is 0 Å². The number of anilines is 1. The van der Waals surface area contributed by atoms with E-state index < -0.39 is 0 Å². The molecular weight excluding hydrogens is 242 g/mol. The summed E-state index contributed by atoms with van der Waals surface area (Å²) in [5, 5.41) is 2.64. The molecule has 1 aliphatic carbocycles. The Balaban J connectivity index is 2.15. The van der Waals surface area contributed by atoms with Crippen LogP contribution in [0.5, 0.6) is 0 Å². The first-order chi connectivity index (χ1) is 9.77. The third kappa shape index (κ3) is 2.36. The third-order valence-electron chi connectivity index (χ3n) is 3.84. The molecule has 0 bridgehead atoms. The maximum atomic E-state index is 2.48. The molecule has 2 aromatic carbocycles. The standard InChI is InChI=1S/C19H21N/c1-15(2)20(17-11-4-3-5-12-17)19-14-8-10-16-9-6-7-13-18(16)19/h3-4,6-11,13-15H,5,12H2,1-2H3. The molecule has 0 atom stereocenters. The van der Waals surface area contributed by atoms with Crippen molar-refractivity contribution in [1.29, 1.82) is 0 Å². The van der Waals surface area contributed by atoms with Crippen molar-refractivity contribution in [2.45, 2.75) is 32.7 Å². The van der Waals surface area contributed by atoms with Gasteiger partial charge in [-0.1, -0.05) is 48.6 Å². The Kier molecular flexibility index (Phi) is 3.60. The first-order valence-corrected chi connectivity index (χ1v) is 7.40. The zero-order chi connectivity index (χ0) is 13.9. The van der Waals surface area contributed by atoms with Crippen molar-refractivity contribution in [3.05, 3.63) is 66.4 Å². The molecule has 0 aliphatic heterocycles. The second-order valence-corrected chi connectivity index (χ2v) is 5.59. The van der Waals surface area contributed by atoms with Crippen LogP contribution in [0, 0.1) is 0 Å². The number of fused-ring (bicyclic) bond motifs is 1. The number of hydrogen-bond acceptors (Lipinski definition) is 1. The van der Waals surface area contributed by atoms with Gasteiger partial charge >= 0.3 is 0 Å². The molecule has 0 amide bonds. The molecular formula is C19H21N. The fourth-order valence-corrected chi connectivity index (χ4v) is 2.97. The molecule has 0 aromatic heterocycles. The second kappa shape index (κ2) is 5.54. The van der Waals surface area contributed by atoms with Gasteiger partial charge in [0, 0.05) is 22.8 Å². The van der Waals surface area contributed by atoms with Crippen LogP contribution >= 0.6 is 0 Å². The van der Waals surface area contributed by atoms with E-state index in [1.165, 1.54) is 22.2 Å². The van der Waals surface area contributed by atoms with E-state index in [9.17, 15) is 0 Å². The summed E-state index contributed by atoms with van der Waals surface area (Å²) in [7, 11) is 0. The number of hydrogen-bond donors (Lipinski definition) is 0. The van der Waals surface area contributed by atoms with Crippen molar-refractivity contribution in [2.75, 3.05) is 4.90 Å². The largest absolute Gasteiger partial charge is 0.342 e. The second-order valence-electron chi connectivity index (χ2n) is 5.59. The molecule has 0 spiro atoms. The van der Waals surface area contributed by atoms with Gasteiger partial charge in [-0.25, -0.2) is 0 Å². The lowest BCUT2D eigenvalue weighted by Crippen LogP contribution is -2.30. The summed E-state index contributed by atoms with van der Waals surface area (Å²) in [6.07, 6.45) is 8.94. The van der Waals surface area contributed by atoms with Crippen LogP contribution in [0.4, 0.5) is 5.69 Å². The van der Waals surface area contributed by atoms with Gasteiger partial charge in [0.05, 0.1) is 0 Å². The van der Waals surface area contributed by atoms with Crippen LogP contribution in [0.25, 0.3) is 10.8 Å². The third-order valence-corrected chi connectivity index (χ3v) is 3.84. The van der Waals surface area contributed by atoms with Crippen LogP contribution in [-0.4, -0.2) is 6.04 Å². The summed E-state index contributed by atoms with van der Waals surface area (Å²) in [6, 6.07) is 15.7. The van der Waals surface area contributed by atoms with E-state index in [0.29, 0.717) is 6.04 Å². The van der Waals surface area contributed by atoms with E-state index in [4.69, 9.17) is 0 Å². The molecule has 1 heteroatoms. The van der Waals surface area contributed by atoms with Gasteiger partial charge in [-0.15, -0.1) is 0 Å². The fraction of sp³-hybridized carbons (Fsp3) is 0.263. The van der Waals surface area contributed by atoms with Crippen molar-refractivity contribution in [3.8, 4) is 0 Å². The summed E-state index contributed by atoms with van der Waals surface area (Å²) in [6.45, 7) is 4.53. The average molecular weight is 263 g/mol. The predicted octanol–water partition coefficient (Wildman–Crippen LogP) is 5.29. The van der Waals surface area contributed by atoms with Gasteiger partial charge in [-0.05, 0) is 44.2 Å².